The zero-order chi connectivity index (χ0) is 36.4. The van der Waals surface area contributed by atoms with Crippen LogP contribution in [-0.2, 0) is 28.5 Å². The molecule has 0 aromatic rings. The molecule has 280 valence electrons. The van der Waals surface area contributed by atoms with Crippen molar-refractivity contribution in [2.75, 3.05) is 13.7 Å². The van der Waals surface area contributed by atoms with Gasteiger partial charge in [0.1, 0.15) is 23.9 Å². The molecule has 10 nitrogen and oxygen atoms in total. The Morgan fingerprint density at radius 2 is 1.84 bits per heavy atom. The van der Waals surface area contributed by atoms with Crippen LogP contribution in [0.3, 0.4) is 0 Å². The summed E-state index contributed by atoms with van der Waals surface area (Å²) in [6.07, 6.45) is 14.4. The van der Waals surface area contributed by atoms with E-state index in [1.807, 2.05) is 19.9 Å². The Kier molecular flexibility index (Phi) is 16.0. The van der Waals surface area contributed by atoms with Gasteiger partial charge in [0.25, 0.3) is 0 Å². The van der Waals surface area contributed by atoms with Gasteiger partial charge in [-0.1, -0.05) is 70.8 Å². The van der Waals surface area contributed by atoms with Gasteiger partial charge in [-0.25, -0.2) is 0 Å². The summed E-state index contributed by atoms with van der Waals surface area (Å²) in [6.45, 7) is 13.4. The largest absolute Gasteiger partial charge is 0.457 e. The normalized spacial score (nSPS) is 34.1. The van der Waals surface area contributed by atoms with E-state index >= 15 is 0 Å². The molecule has 4 N–H and O–H groups in total. The number of aliphatic hydroxyl groups excluding tert-OH is 1. The number of epoxide rings is 1. The second-order valence-electron chi connectivity index (χ2n) is 15.3. The highest BCUT2D eigenvalue weighted by Gasteiger charge is 2.54. The minimum absolute atomic E-state index is 0.0242. The molecule has 2 heterocycles. The number of carbonyl (C=O) groups excluding carboxylic acids is 2. The average Bonchev–Trinajstić information content (AvgIpc) is 3.85. The van der Waals surface area contributed by atoms with Gasteiger partial charge < -0.3 is 39.6 Å². The number of esters is 2. The molecular weight excluding hydrogens is 626 g/mol. The SMILES string of the molecule is CC[C@H](OC)[C@@H](C)[C@H]1O[C@@H]1C(NCC1CCCCCC1)C(C)(O)C=CC=C(C)[C@H]1OC(=O)C[C@H](O)CC[C@@](C)(O)[C@@H](OC(C)=O)C=C[C@@H]1C. The third kappa shape index (κ3) is 12.6. The summed E-state index contributed by atoms with van der Waals surface area (Å²) in [6, 6.07) is -0.337. The first-order valence-corrected chi connectivity index (χ1v) is 18.5. The van der Waals surface area contributed by atoms with Crippen molar-refractivity contribution < 1.29 is 43.9 Å². The standard InChI is InChI=1S/C39H65NO9/c1-9-31(46-8)27(4)35-36(49-35)37(40-24-29-16-12-10-11-13-17-29)39(7,45)21-14-15-25(2)34-26(3)18-19-32(47-28(5)41)38(6,44)22-20-30(42)23-33(43)48-34/h14-15,18-19,21,26-27,29-32,34-37,40,42,44-45H,9-13,16-17,20,22-24H2,1-8H3/t26-,27+,30+,31-,32-,34+,35+,36-,37?,38+,39?/m0/s1. The minimum Gasteiger partial charge on any atom is -0.457 e. The van der Waals surface area contributed by atoms with Crippen LogP contribution in [0.4, 0.5) is 0 Å². The maximum Gasteiger partial charge on any atom is 0.309 e. The maximum atomic E-state index is 12.9. The first-order valence-electron chi connectivity index (χ1n) is 18.5. The summed E-state index contributed by atoms with van der Waals surface area (Å²) in [5.74, 6) is -0.694. The summed E-state index contributed by atoms with van der Waals surface area (Å²) in [5, 5.41) is 37.3. The molecule has 1 aliphatic carbocycles. The van der Waals surface area contributed by atoms with Crippen molar-refractivity contribution in [3.05, 3.63) is 36.0 Å². The van der Waals surface area contributed by atoms with Crippen LogP contribution in [0, 0.1) is 17.8 Å². The van der Waals surface area contributed by atoms with Crippen molar-refractivity contribution in [1.29, 1.82) is 0 Å². The molecule has 2 aliphatic heterocycles. The van der Waals surface area contributed by atoms with E-state index in [0.29, 0.717) is 5.92 Å². The Morgan fingerprint density at radius 1 is 1.16 bits per heavy atom. The Balaban J connectivity index is 1.84. The van der Waals surface area contributed by atoms with E-state index in [9.17, 15) is 24.9 Å². The number of carbonyl (C=O) groups is 2. The minimum atomic E-state index is -1.44. The number of allylic oxidation sites excluding steroid dienone is 2. The molecule has 11 atom stereocenters. The van der Waals surface area contributed by atoms with E-state index in [-0.39, 0.29) is 55.5 Å². The molecule has 2 unspecified atom stereocenters. The van der Waals surface area contributed by atoms with Crippen molar-refractivity contribution >= 4 is 11.9 Å². The number of aliphatic hydroxyl groups is 3. The molecule has 1 saturated heterocycles. The number of ether oxygens (including phenoxy) is 4. The lowest BCUT2D eigenvalue weighted by Gasteiger charge is -2.32. The van der Waals surface area contributed by atoms with Crippen molar-refractivity contribution in [3.8, 4) is 0 Å². The van der Waals surface area contributed by atoms with Crippen LogP contribution >= 0.6 is 0 Å². The molecule has 0 aromatic heterocycles. The Hall–Kier alpha value is -2.08. The lowest BCUT2D eigenvalue weighted by Crippen LogP contribution is -2.53. The molecule has 0 amide bonds. The molecule has 49 heavy (non-hydrogen) atoms. The van der Waals surface area contributed by atoms with Gasteiger partial charge >= 0.3 is 11.9 Å². The highest BCUT2D eigenvalue weighted by atomic mass is 16.6. The third-order valence-corrected chi connectivity index (χ3v) is 10.8. The average molecular weight is 692 g/mol. The fourth-order valence-corrected chi connectivity index (χ4v) is 7.53. The molecule has 3 aliphatic rings. The quantitative estimate of drug-likeness (QED) is 0.0657. The van der Waals surface area contributed by atoms with Crippen LogP contribution in [-0.4, -0.2) is 94.8 Å². The third-order valence-electron chi connectivity index (χ3n) is 10.8. The zero-order valence-corrected chi connectivity index (χ0v) is 31.2. The molecular formula is C39H65NO9. The van der Waals surface area contributed by atoms with Gasteiger partial charge in [0.15, 0.2) is 0 Å². The molecule has 2 fully saturated rings. The topological polar surface area (TPSA) is 147 Å². The Morgan fingerprint density at radius 3 is 2.45 bits per heavy atom. The number of hydrogen-bond acceptors (Lipinski definition) is 10. The fraction of sp³-hybridized carbons (Fsp3) is 0.795. The molecule has 0 radical (unpaired) electrons. The molecule has 1 saturated carbocycles. The molecule has 10 heteroatoms. The van der Waals surface area contributed by atoms with E-state index in [1.165, 1.54) is 45.4 Å². The van der Waals surface area contributed by atoms with Crippen LogP contribution in [0.1, 0.15) is 113 Å². The van der Waals surface area contributed by atoms with Gasteiger partial charge in [-0.3, -0.25) is 9.59 Å². The molecule has 0 aromatic carbocycles. The first-order chi connectivity index (χ1) is 23.1. The molecule has 0 bridgehead atoms. The second-order valence-corrected chi connectivity index (χ2v) is 15.3. The summed E-state index contributed by atoms with van der Waals surface area (Å²) >= 11 is 0. The van der Waals surface area contributed by atoms with Crippen molar-refractivity contribution in [3.63, 3.8) is 0 Å². The molecule has 0 spiro atoms. The van der Waals surface area contributed by atoms with Crippen molar-refractivity contribution in [1.82, 2.24) is 5.32 Å². The van der Waals surface area contributed by atoms with Gasteiger partial charge in [0.05, 0.1) is 36.4 Å². The van der Waals surface area contributed by atoms with Crippen LogP contribution in [0.25, 0.3) is 0 Å². The van der Waals surface area contributed by atoms with E-state index < -0.39 is 41.5 Å². The van der Waals surface area contributed by atoms with Crippen LogP contribution in [0.5, 0.6) is 0 Å². The summed E-state index contributed by atoms with van der Waals surface area (Å²) in [7, 11) is 1.73. The second kappa shape index (κ2) is 19.0. The number of cyclic esters (lactones) is 1. The van der Waals surface area contributed by atoms with Crippen LogP contribution in [0.2, 0.25) is 0 Å². The highest BCUT2D eigenvalue weighted by molar-refractivity contribution is 5.70. The molecule has 3 rings (SSSR count). The summed E-state index contributed by atoms with van der Waals surface area (Å²) in [4.78, 5) is 24.7. The van der Waals surface area contributed by atoms with E-state index in [0.717, 1.165) is 18.5 Å². The van der Waals surface area contributed by atoms with Gasteiger partial charge in [-0.05, 0) is 77.0 Å². The number of rotatable bonds is 13. The van der Waals surface area contributed by atoms with Crippen molar-refractivity contribution in [2.45, 2.75) is 167 Å². The van der Waals surface area contributed by atoms with Gasteiger partial charge in [-0.15, -0.1) is 0 Å². The monoisotopic (exact) mass is 691 g/mol. The predicted octanol–water partition coefficient (Wildman–Crippen LogP) is 5.33. The highest BCUT2D eigenvalue weighted by Crippen LogP contribution is 2.39. The van der Waals surface area contributed by atoms with Crippen LogP contribution < -0.4 is 5.32 Å². The van der Waals surface area contributed by atoms with Crippen molar-refractivity contribution in [2.24, 2.45) is 17.8 Å². The zero-order valence-electron chi connectivity index (χ0n) is 31.2. The number of methoxy groups -OCH3 is 1. The van der Waals surface area contributed by atoms with Gasteiger partial charge in [0.2, 0.25) is 0 Å². The van der Waals surface area contributed by atoms with Crippen LogP contribution in [0.15, 0.2) is 36.0 Å². The first kappa shape index (κ1) is 41.3. The van der Waals surface area contributed by atoms with E-state index in [4.69, 9.17) is 18.9 Å². The number of nitrogens with one attached hydrogen (secondary N) is 1. The summed E-state index contributed by atoms with van der Waals surface area (Å²) < 4.78 is 23.3. The summed E-state index contributed by atoms with van der Waals surface area (Å²) in [5.41, 5.74) is -1.97. The van der Waals surface area contributed by atoms with Gasteiger partial charge in [-0.2, -0.15) is 0 Å². The lowest BCUT2D eigenvalue weighted by atomic mass is 9.86. The lowest BCUT2D eigenvalue weighted by molar-refractivity contribution is -0.157. The number of hydrogen-bond donors (Lipinski definition) is 4. The Bertz CT molecular complexity index is 1140. The smallest absolute Gasteiger partial charge is 0.309 e. The fourth-order valence-electron chi connectivity index (χ4n) is 7.53. The predicted molar refractivity (Wildman–Crippen MR) is 190 cm³/mol. The Labute approximate surface area is 294 Å². The van der Waals surface area contributed by atoms with Gasteiger partial charge in [0, 0.05) is 25.9 Å². The van der Waals surface area contributed by atoms with E-state index in [2.05, 4.69) is 19.2 Å². The maximum absolute atomic E-state index is 12.9. The van der Waals surface area contributed by atoms with E-state index in [1.54, 1.807) is 45.3 Å².